The summed E-state index contributed by atoms with van der Waals surface area (Å²) in [6.07, 6.45) is 6.30. The Balaban J connectivity index is 2.29. The maximum atomic E-state index is 5.73. The Morgan fingerprint density at radius 1 is 1.14 bits per heavy atom. The average molecular weight is 292 g/mol. The Morgan fingerprint density at radius 2 is 1.90 bits per heavy atom. The summed E-state index contributed by atoms with van der Waals surface area (Å²) in [6.45, 7) is 11.4. The van der Waals surface area contributed by atoms with E-state index >= 15 is 0 Å². The van der Waals surface area contributed by atoms with Crippen molar-refractivity contribution in [2.45, 2.75) is 66.3 Å². The molecule has 3 heteroatoms. The van der Waals surface area contributed by atoms with Crippen molar-refractivity contribution >= 4 is 0 Å². The van der Waals surface area contributed by atoms with Gasteiger partial charge in [-0.25, -0.2) is 4.98 Å². The number of unbranched alkanes of at least 4 members (excludes halogenated alkanes) is 4. The molecule has 0 aliphatic rings. The third kappa shape index (κ3) is 8.05. The van der Waals surface area contributed by atoms with E-state index < -0.39 is 0 Å². The zero-order valence-electron chi connectivity index (χ0n) is 14.2. The van der Waals surface area contributed by atoms with Crippen LogP contribution in [0.5, 0.6) is 5.88 Å². The molecule has 1 heterocycles. The molecule has 1 aromatic heterocycles. The van der Waals surface area contributed by atoms with E-state index in [1.807, 2.05) is 6.07 Å². The van der Waals surface area contributed by atoms with E-state index in [1.165, 1.54) is 31.2 Å². The number of hydrogen-bond donors (Lipinski definition) is 1. The summed E-state index contributed by atoms with van der Waals surface area (Å²) in [5, 5.41) is 3.45. The number of ether oxygens (including phenoxy) is 1. The van der Waals surface area contributed by atoms with E-state index in [4.69, 9.17) is 4.74 Å². The lowest BCUT2D eigenvalue weighted by Crippen LogP contribution is -2.19. The zero-order chi connectivity index (χ0) is 15.5. The largest absolute Gasteiger partial charge is 0.478 e. The normalized spacial score (nSPS) is 11.1. The summed E-state index contributed by atoms with van der Waals surface area (Å²) in [7, 11) is 0. The number of pyridine rings is 1. The van der Waals surface area contributed by atoms with Gasteiger partial charge in [0.25, 0.3) is 0 Å². The molecular formula is C18H32N2O. The summed E-state index contributed by atoms with van der Waals surface area (Å²) in [6, 6.07) is 4.12. The Morgan fingerprint density at radius 3 is 2.57 bits per heavy atom. The molecule has 0 spiro atoms. The number of aromatic nitrogens is 1. The van der Waals surface area contributed by atoms with Gasteiger partial charge in [-0.3, -0.25) is 0 Å². The highest BCUT2D eigenvalue weighted by atomic mass is 16.5. The second-order valence-electron chi connectivity index (χ2n) is 6.18. The summed E-state index contributed by atoms with van der Waals surface area (Å²) < 4.78 is 5.73. The lowest BCUT2D eigenvalue weighted by Gasteiger charge is -2.11. The van der Waals surface area contributed by atoms with Crippen molar-refractivity contribution in [1.29, 1.82) is 0 Å². The van der Waals surface area contributed by atoms with Crippen molar-refractivity contribution in [3.63, 3.8) is 0 Å². The van der Waals surface area contributed by atoms with E-state index in [0.717, 1.165) is 37.7 Å². The minimum Gasteiger partial charge on any atom is -0.478 e. The van der Waals surface area contributed by atoms with Gasteiger partial charge in [0.1, 0.15) is 0 Å². The van der Waals surface area contributed by atoms with Crippen LogP contribution in [0.3, 0.4) is 0 Å². The number of rotatable bonds is 11. The number of aryl methyl sites for hydroxylation is 1. The first-order chi connectivity index (χ1) is 10.1. The average Bonchev–Trinajstić information content (AvgIpc) is 2.44. The smallest absolute Gasteiger partial charge is 0.213 e. The van der Waals surface area contributed by atoms with Crippen molar-refractivity contribution in [2.24, 2.45) is 5.92 Å². The molecule has 0 aliphatic heterocycles. The van der Waals surface area contributed by atoms with Crippen molar-refractivity contribution in [3.05, 3.63) is 23.4 Å². The Labute approximate surface area is 130 Å². The van der Waals surface area contributed by atoms with Gasteiger partial charge in [-0.05, 0) is 31.4 Å². The van der Waals surface area contributed by atoms with Crippen LogP contribution in [0.1, 0.15) is 64.1 Å². The quantitative estimate of drug-likeness (QED) is 0.610. The van der Waals surface area contributed by atoms with Gasteiger partial charge in [-0.2, -0.15) is 0 Å². The van der Waals surface area contributed by atoms with Crippen LogP contribution in [-0.2, 0) is 6.54 Å². The van der Waals surface area contributed by atoms with Crippen LogP contribution in [0.15, 0.2) is 12.1 Å². The van der Waals surface area contributed by atoms with E-state index in [-0.39, 0.29) is 0 Å². The van der Waals surface area contributed by atoms with Crippen molar-refractivity contribution in [1.82, 2.24) is 10.3 Å². The highest BCUT2D eigenvalue weighted by Crippen LogP contribution is 2.13. The predicted molar refractivity (Wildman–Crippen MR) is 89.8 cm³/mol. The molecule has 120 valence electrons. The minimum atomic E-state index is 0.675. The standard InChI is InChI=1S/C18H32N2O/c1-5-6-7-8-9-12-21-18-11-10-17(16(4)20-18)14-19-13-15(2)3/h10-11,15,19H,5-9,12-14H2,1-4H3. The molecule has 1 rings (SSSR count). The van der Waals surface area contributed by atoms with Crippen molar-refractivity contribution < 1.29 is 4.74 Å². The molecule has 0 saturated carbocycles. The molecule has 0 bridgehead atoms. The van der Waals surface area contributed by atoms with Crippen LogP contribution in [0.25, 0.3) is 0 Å². The van der Waals surface area contributed by atoms with Gasteiger partial charge in [0.2, 0.25) is 5.88 Å². The van der Waals surface area contributed by atoms with Crippen molar-refractivity contribution in [2.75, 3.05) is 13.2 Å². The topological polar surface area (TPSA) is 34.1 Å². The molecule has 0 aromatic carbocycles. The molecule has 0 saturated heterocycles. The second kappa shape index (κ2) is 10.6. The van der Waals surface area contributed by atoms with E-state index in [9.17, 15) is 0 Å². The van der Waals surface area contributed by atoms with Crippen LogP contribution >= 0.6 is 0 Å². The van der Waals surface area contributed by atoms with Crippen LogP contribution in [0, 0.1) is 12.8 Å². The van der Waals surface area contributed by atoms with Gasteiger partial charge in [-0.1, -0.05) is 52.5 Å². The summed E-state index contributed by atoms with van der Waals surface area (Å²) in [5.74, 6) is 1.43. The minimum absolute atomic E-state index is 0.675. The molecule has 1 N–H and O–H groups in total. The fourth-order valence-electron chi connectivity index (χ4n) is 2.21. The Hall–Kier alpha value is -1.09. The molecule has 21 heavy (non-hydrogen) atoms. The molecule has 0 atom stereocenters. The third-order valence-electron chi connectivity index (χ3n) is 3.54. The van der Waals surface area contributed by atoms with Gasteiger partial charge in [-0.15, -0.1) is 0 Å². The maximum Gasteiger partial charge on any atom is 0.213 e. The van der Waals surface area contributed by atoms with E-state index in [0.29, 0.717) is 5.92 Å². The molecule has 0 amide bonds. The number of hydrogen-bond acceptors (Lipinski definition) is 3. The number of nitrogens with one attached hydrogen (secondary N) is 1. The van der Waals surface area contributed by atoms with Gasteiger partial charge in [0.15, 0.2) is 0 Å². The fourth-order valence-corrected chi connectivity index (χ4v) is 2.21. The molecule has 1 aromatic rings. The van der Waals surface area contributed by atoms with Crippen LogP contribution in [-0.4, -0.2) is 18.1 Å². The van der Waals surface area contributed by atoms with Crippen molar-refractivity contribution in [3.8, 4) is 5.88 Å². The third-order valence-corrected chi connectivity index (χ3v) is 3.54. The van der Waals surface area contributed by atoms with Gasteiger partial charge >= 0.3 is 0 Å². The SMILES string of the molecule is CCCCCCCOc1ccc(CNCC(C)C)c(C)n1. The predicted octanol–water partition coefficient (Wildman–Crippen LogP) is 4.48. The summed E-state index contributed by atoms with van der Waals surface area (Å²) >= 11 is 0. The highest BCUT2D eigenvalue weighted by Gasteiger charge is 2.03. The van der Waals surface area contributed by atoms with Crippen LogP contribution in [0.2, 0.25) is 0 Å². The lowest BCUT2D eigenvalue weighted by atomic mass is 10.2. The summed E-state index contributed by atoms with van der Waals surface area (Å²) in [4.78, 5) is 4.54. The molecule has 0 unspecified atom stereocenters. The Kier molecular flexibility index (Phi) is 9.07. The fraction of sp³-hybridized carbons (Fsp3) is 0.722. The molecule has 3 nitrogen and oxygen atoms in total. The number of nitrogens with zero attached hydrogens (tertiary/aromatic N) is 1. The molecule has 0 fully saturated rings. The van der Waals surface area contributed by atoms with E-state index in [1.54, 1.807) is 0 Å². The van der Waals surface area contributed by atoms with Gasteiger partial charge in [0.05, 0.1) is 6.61 Å². The van der Waals surface area contributed by atoms with E-state index in [2.05, 4.69) is 44.1 Å². The van der Waals surface area contributed by atoms with Crippen LogP contribution in [0.4, 0.5) is 0 Å². The molecular weight excluding hydrogens is 260 g/mol. The summed E-state index contributed by atoms with van der Waals surface area (Å²) in [5.41, 5.74) is 2.32. The maximum absolute atomic E-state index is 5.73. The molecule has 0 radical (unpaired) electrons. The highest BCUT2D eigenvalue weighted by molar-refractivity contribution is 5.24. The second-order valence-corrected chi connectivity index (χ2v) is 6.18. The monoisotopic (exact) mass is 292 g/mol. The Bertz CT molecular complexity index is 391. The first-order valence-electron chi connectivity index (χ1n) is 8.43. The zero-order valence-corrected chi connectivity index (χ0v) is 14.2. The molecule has 0 aliphatic carbocycles. The van der Waals surface area contributed by atoms with Gasteiger partial charge < -0.3 is 10.1 Å². The van der Waals surface area contributed by atoms with Crippen LogP contribution < -0.4 is 10.1 Å². The first-order valence-corrected chi connectivity index (χ1v) is 8.43. The van der Waals surface area contributed by atoms with Gasteiger partial charge in [0, 0.05) is 18.3 Å². The lowest BCUT2D eigenvalue weighted by molar-refractivity contribution is 0.292. The first kappa shape index (κ1) is 18.0.